The summed E-state index contributed by atoms with van der Waals surface area (Å²) in [6.07, 6.45) is -0.340. The average molecular weight is 162 g/mol. The fraction of sp³-hybridized carbons (Fsp3) is 0.667. The number of rotatable bonds is 5. The van der Waals surface area contributed by atoms with E-state index in [4.69, 9.17) is 5.11 Å². The molecule has 0 fully saturated rings. The molecule has 3 nitrogen and oxygen atoms in total. The Kier molecular flexibility index (Phi) is 5.02. The fourth-order valence-corrected chi connectivity index (χ4v) is 0.969. The van der Waals surface area contributed by atoms with Gasteiger partial charge in [-0.2, -0.15) is 11.8 Å². The highest BCUT2D eigenvalue weighted by Crippen LogP contribution is 1.99. The Morgan fingerprint density at radius 2 is 2.10 bits per heavy atom. The predicted molar refractivity (Wildman–Crippen MR) is 40.3 cm³/mol. The molecule has 0 amide bonds. The first kappa shape index (κ1) is 9.49. The van der Waals surface area contributed by atoms with Gasteiger partial charge in [0.05, 0.1) is 5.75 Å². The van der Waals surface area contributed by atoms with Gasteiger partial charge in [-0.3, -0.25) is 9.59 Å². The van der Waals surface area contributed by atoms with E-state index < -0.39 is 5.97 Å². The van der Waals surface area contributed by atoms with Crippen molar-refractivity contribution in [3.63, 3.8) is 0 Å². The van der Waals surface area contributed by atoms with E-state index in [1.165, 1.54) is 11.8 Å². The first-order valence-corrected chi connectivity index (χ1v) is 4.13. The van der Waals surface area contributed by atoms with E-state index >= 15 is 0 Å². The van der Waals surface area contributed by atoms with Gasteiger partial charge in [-0.1, -0.05) is 6.92 Å². The molecule has 0 rings (SSSR count). The summed E-state index contributed by atoms with van der Waals surface area (Å²) in [7, 11) is 0. The highest BCUT2D eigenvalue weighted by atomic mass is 32.2. The van der Waals surface area contributed by atoms with E-state index in [9.17, 15) is 9.59 Å². The number of hydrogen-bond donors (Lipinski definition) is 1. The molecular formula is C6H10O3S. The van der Waals surface area contributed by atoms with E-state index in [-0.39, 0.29) is 12.2 Å². The van der Waals surface area contributed by atoms with Crippen LogP contribution in [0.5, 0.6) is 0 Å². The summed E-state index contributed by atoms with van der Waals surface area (Å²) in [6, 6.07) is 0. The first-order valence-electron chi connectivity index (χ1n) is 2.98. The standard InChI is InChI=1S/C6H10O3S/c1-2-10-4-5(7)3-6(8)9/h2-4H2,1H3,(H,8,9). The molecule has 0 aliphatic heterocycles. The SMILES string of the molecule is CCSCC(=O)CC(=O)O. The maximum atomic E-state index is 10.6. The van der Waals surface area contributed by atoms with Crippen molar-refractivity contribution in [3.05, 3.63) is 0 Å². The Labute approximate surface area is 63.8 Å². The summed E-state index contributed by atoms with van der Waals surface area (Å²) in [5, 5.41) is 8.15. The molecule has 0 bridgehead atoms. The van der Waals surface area contributed by atoms with Gasteiger partial charge in [-0.05, 0) is 5.75 Å². The van der Waals surface area contributed by atoms with Crippen molar-refractivity contribution < 1.29 is 14.7 Å². The normalized spacial score (nSPS) is 9.30. The van der Waals surface area contributed by atoms with Crippen LogP contribution in [0.3, 0.4) is 0 Å². The lowest BCUT2D eigenvalue weighted by Gasteiger charge is -1.93. The summed E-state index contributed by atoms with van der Waals surface area (Å²) < 4.78 is 0. The van der Waals surface area contributed by atoms with Gasteiger partial charge >= 0.3 is 5.97 Å². The van der Waals surface area contributed by atoms with Crippen LogP contribution in [0.25, 0.3) is 0 Å². The summed E-state index contributed by atoms with van der Waals surface area (Å²) >= 11 is 1.45. The van der Waals surface area contributed by atoms with Gasteiger partial charge in [0, 0.05) is 0 Å². The Morgan fingerprint density at radius 1 is 1.50 bits per heavy atom. The van der Waals surface area contributed by atoms with Gasteiger partial charge in [-0.15, -0.1) is 0 Å². The van der Waals surface area contributed by atoms with Crippen molar-refractivity contribution in [2.45, 2.75) is 13.3 Å². The van der Waals surface area contributed by atoms with Crippen molar-refractivity contribution in [3.8, 4) is 0 Å². The predicted octanol–water partition coefficient (Wildman–Crippen LogP) is 0.783. The lowest BCUT2D eigenvalue weighted by molar-refractivity contribution is -0.139. The van der Waals surface area contributed by atoms with Gasteiger partial charge in [0.15, 0.2) is 5.78 Å². The van der Waals surface area contributed by atoms with Crippen LogP contribution in [-0.4, -0.2) is 28.4 Å². The zero-order chi connectivity index (χ0) is 7.98. The molecule has 0 aromatic rings. The van der Waals surface area contributed by atoms with E-state index in [1.807, 2.05) is 6.92 Å². The number of Topliss-reactive ketones (excluding diaryl/α,β-unsaturated/α-hetero) is 1. The van der Waals surface area contributed by atoms with E-state index in [2.05, 4.69) is 0 Å². The second-order valence-electron chi connectivity index (χ2n) is 1.75. The monoisotopic (exact) mass is 162 g/mol. The molecule has 0 saturated heterocycles. The van der Waals surface area contributed by atoms with Crippen LogP contribution in [-0.2, 0) is 9.59 Å². The lowest BCUT2D eigenvalue weighted by atomic mass is 10.3. The average Bonchev–Trinajstić information content (AvgIpc) is 1.82. The maximum Gasteiger partial charge on any atom is 0.310 e. The third kappa shape index (κ3) is 5.62. The van der Waals surface area contributed by atoms with Crippen LogP contribution in [0, 0.1) is 0 Å². The van der Waals surface area contributed by atoms with Crippen molar-refractivity contribution in [1.29, 1.82) is 0 Å². The zero-order valence-electron chi connectivity index (χ0n) is 5.79. The minimum Gasteiger partial charge on any atom is -0.481 e. The molecule has 0 radical (unpaired) electrons. The topological polar surface area (TPSA) is 54.4 Å². The molecule has 58 valence electrons. The van der Waals surface area contributed by atoms with E-state index in [1.54, 1.807) is 0 Å². The third-order valence-electron chi connectivity index (χ3n) is 0.816. The highest BCUT2D eigenvalue weighted by Gasteiger charge is 2.05. The van der Waals surface area contributed by atoms with Crippen LogP contribution in [0.2, 0.25) is 0 Å². The van der Waals surface area contributed by atoms with Gasteiger partial charge in [-0.25, -0.2) is 0 Å². The van der Waals surface area contributed by atoms with Crippen molar-refractivity contribution in [2.75, 3.05) is 11.5 Å². The minimum atomic E-state index is -1.04. The van der Waals surface area contributed by atoms with Crippen molar-refractivity contribution >= 4 is 23.5 Å². The van der Waals surface area contributed by atoms with Crippen LogP contribution in [0.1, 0.15) is 13.3 Å². The van der Waals surface area contributed by atoms with Gasteiger partial charge in [0.1, 0.15) is 6.42 Å². The Morgan fingerprint density at radius 3 is 2.50 bits per heavy atom. The molecule has 0 heterocycles. The molecule has 0 spiro atoms. The Hall–Kier alpha value is -0.510. The largest absolute Gasteiger partial charge is 0.481 e. The Balaban J connectivity index is 3.35. The maximum absolute atomic E-state index is 10.6. The molecule has 0 aromatic heterocycles. The van der Waals surface area contributed by atoms with Crippen molar-refractivity contribution in [1.82, 2.24) is 0 Å². The molecule has 0 aromatic carbocycles. The van der Waals surface area contributed by atoms with E-state index in [0.717, 1.165) is 5.75 Å². The van der Waals surface area contributed by atoms with E-state index in [0.29, 0.717) is 5.75 Å². The zero-order valence-corrected chi connectivity index (χ0v) is 6.61. The number of carboxylic acid groups (broad SMARTS) is 1. The van der Waals surface area contributed by atoms with Gasteiger partial charge in [0.2, 0.25) is 0 Å². The summed E-state index contributed by atoms with van der Waals surface area (Å²) in [6.45, 7) is 1.93. The number of thioether (sulfide) groups is 1. The lowest BCUT2D eigenvalue weighted by Crippen LogP contribution is -2.08. The molecule has 0 saturated carbocycles. The van der Waals surface area contributed by atoms with Gasteiger partial charge < -0.3 is 5.11 Å². The first-order chi connectivity index (χ1) is 4.66. The van der Waals surface area contributed by atoms with Crippen molar-refractivity contribution in [2.24, 2.45) is 0 Å². The molecule has 0 aliphatic carbocycles. The molecule has 0 atom stereocenters. The number of hydrogen-bond acceptors (Lipinski definition) is 3. The summed E-state index contributed by atoms with van der Waals surface area (Å²) in [4.78, 5) is 20.6. The van der Waals surface area contributed by atoms with Crippen LogP contribution in [0.15, 0.2) is 0 Å². The number of ketones is 1. The second-order valence-corrected chi connectivity index (χ2v) is 3.02. The molecular weight excluding hydrogens is 152 g/mol. The van der Waals surface area contributed by atoms with Crippen LogP contribution < -0.4 is 0 Å². The molecule has 4 heteroatoms. The minimum absolute atomic E-state index is 0.209. The number of carbonyl (C=O) groups is 2. The number of carbonyl (C=O) groups excluding carboxylic acids is 1. The summed E-state index contributed by atoms with van der Waals surface area (Å²) in [5.41, 5.74) is 0. The molecule has 0 aliphatic rings. The summed E-state index contributed by atoms with van der Waals surface area (Å²) in [5.74, 6) is -0.0743. The Bertz CT molecular complexity index is 133. The second kappa shape index (κ2) is 5.29. The smallest absolute Gasteiger partial charge is 0.310 e. The quantitative estimate of drug-likeness (QED) is 0.607. The molecule has 10 heavy (non-hydrogen) atoms. The highest BCUT2D eigenvalue weighted by molar-refractivity contribution is 7.99. The van der Waals surface area contributed by atoms with Crippen LogP contribution >= 0.6 is 11.8 Å². The number of carboxylic acids is 1. The van der Waals surface area contributed by atoms with Gasteiger partial charge in [0.25, 0.3) is 0 Å². The number of aliphatic carboxylic acids is 1. The fourth-order valence-electron chi connectivity index (χ4n) is 0.436. The molecule has 1 N–H and O–H groups in total. The third-order valence-corrected chi connectivity index (χ3v) is 1.75. The molecule has 0 unspecified atom stereocenters. The van der Waals surface area contributed by atoms with Crippen LogP contribution in [0.4, 0.5) is 0 Å².